The Bertz CT molecular complexity index is 366. The lowest BCUT2D eigenvalue weighted by Gasteiger charge is -2.09. The number of hydrogen-bond donors (Lipinski definition) is 1. The molecule has 80 valence electrons. The standard InChI is InChI=1S/C12H15ClN2/c1-9(2)5-6-15-12-4-3-11(13)7-10(12)8-14/h3-4,7,9,15H,5-6H2,1-2H3. The fourth-order valence-electron chi connectivity index (χ4n) is 1.26. The predicted octanol–water partition coefficient (Wildman–Crippen LogP) is 3.67. The van der Waals surface area contributed by atoms with Gasteiger partial charge in [0.05, 0.1) is 11.3 Å². The molecule has 0 amide bonds. The molecule has 0 atom stereocenters. The second-order valence-corrected chi connectivity index (χ2v) is 4.35. The minimum Gasteiger partial charge on any atom is -0.384 e. The highest BCUT2D eigenvalue weighted by Gasteiger charge is 2.02. The lowest BCUT2D eigenvalue weighted by molar-refractivity contribution is 0.607. The third-order valence-corrected chi connectivity index (χ3v) is 2.37. The van der Waals surface area contributed by atoms with Crippen LogP contribution in [0.5, 0.6) is 0 Å². The van der Waals surface area contributed by atoms with Crippen LogP contribution in [0, 0.1) is 17.2 Å². The fourth-order valence-corrected chi connectivity index (χ4v) is 1.43. The highest BCUT2D eigenvalue weighted by atomic mass is 35.5. The van der Waals surface area contributed by atoms with Crippen molar-refractivity contribution in [2.75, 3.05) is 11.9 Å². The molecule has 0 aliphatic heterocycles. The van der Waals surface area contributed by atoms with Crippen molar-refractivity contribution in [3.8, 4) is 6.07 Å². The first-order valence-corrected chi connectivity index (χ1v) is 5.45. The molecule has 0 aromatic heterocycles. The fraction of sp³-hybridized carbons (Fsp3) is 0.417. The van der Waals surface area contributed by atoms with Gasteiger partial charge in [0.25, 0.3) is 0 Å². The summed E-state index contributed by atoms with van der Waals surface area (Å²) in [6.07, 6.45) is 1.09. The van der Waals surface area contributed by atoms with Gasteiger partial charge >= 0.3 is 0 Å². The quantitative estimate of drug-likeness (QED) is 0.844. The highest BCUT2D eigenvalue weighted by molar-refractivity contribution is 6.30. The first kappa shape index (κ1) is 11.9. The number of hydrogen-bond acceptors (Lipinski definition) is 2. The van der Waals surface area contributed by atoms with Crippen molar-refractivity contribution in [2.24, 2.45) is 5.92 Å². The van der Waals surface area contributed by atoms with Crippen molar-refractivity contribution in [3.63, 3.8) is 0 Å². The van der Waals surface area contributed by atoms with Crippen molar-refractivity contribution in [1.29, 1.82) is 5.26 Å². The van der Waals surface area contributed by atoms with Gasteiger partial charge in [-0.25, -0.2) is 0 Å². The number of rotatable bonds is 4. The van der Waals surface area contributed by atoms with E-state index < -0.39 is 0 Å². The van der Waals surface area contributed by atoms with Crippen LogP contribution in [0.3, 0.4) is 0 Å². The van der Waals surface area contributed by atoms with Gasteiger partial charge < -0.3 is 5.32 Å². The van der Waals surface area contributed by atoms with Crippen LogP contribution in [0.1, 0.15) is 25.8 Å². The summed E-state index contributed by atoms with van der Waals surface area (Å²) in [4.78, 5) is 0. The molecule has 0 radical (unpaired) electrons. The van der Waals surface area contributed by atoms with E-state index >= 15 is 0 Å². The van der Waals surface area contributed by atoms with Crippen molar-refractivity contribution in [1.82, 2.24) is 0 Å². The van der Waals surface area contributed by atoms with E-state index in [-0.39, 0.29) is 0 Å². The molecule has 1 aromatic rings. The molecule has 0 heterocycles. The van der Waals surface area contributed by atoms with Gasteiger partial charge in [0.1, 0.15) is 6.07 Å². The number of nitrogens with one attached hydrogen (secondary N) is 1. The zero-order chi connectivity index (χ0) is 11.3. The molecular weight excluding hydrogens is 208 g/mol. The van der Waals surface area contributed by atoms with Gasteiger partial charge in [0.2, 0.25) is 0 Å². The van der Waals surface area contributed by atoms with Gasteiger partial charge in [-0.3, -0.25) is 0 Å². The van der Waals surface area contributed by atoms with Crippen LogP contribution < -0.4 is 5.32 Å². The minimum atomic E-state index is 0.598. The van der Waals surface area contributed by atoms with Crippen LogP contribution in [-0.4, -0.2) is 6.54 Å². The van der Waals surface area contributed by atoms with Crippen LogP contribution in [0.25, 0.3) is 0 Å². The Hall–Kier alpha value is -1.20. The van der Waals surface area contributed by atoms with Crippen LogP contribution in [0.2, 0.25) is 5.02 Å². The first-order valence-electron chi connectivity index (χ1n) is 5.07. The van der Waals surface area contributed by atoms with Gasteiger partial charge in [-0.1, -0.05) is 25.4 Å². The molecular formula is C12H15ClN2. The monoisotopic (exact) mass is 222 g/mol. The summed E-state index contributed by atoms with van der Waals surface area (Å²) >= 11 is 5.80. The number of nitrogens with zero attached hydrogens (tertiary/aromatic N) is 1. The average Bonchev–Trinajstić information content (AvgIpc) is 2.19. The molecule has 1 rings (SSSR count). The molecule has 0 saturated heterocycles. The van der Waals surface area contributed by atoms with Gasteiger partial charge in [0.15, 0.2) is 0 Å². The van der Waals surface area contributed by atoms with Gasteiger partial charge in [0, 0.05) is 11.6 Å². The Labute approximate surface area is 95.9 Å². The topological polar surface area (TPSA) is 35.8 Å². The summed E-state index contributed by atoms with van der Waals surface area (Å²) in [5.41, 5.74) is 1.47. The molecule has 0 aliphatic carbocycles. The van der Waals surface area contributed by atoms with Crippen molar-refractivity contribution in [2.45, 2.75) is 20.3 Å². The lowest BCUT2D eigenvalue weighted by Crippen LogP contribution is -2.05. The highest BCUT2D eigenvalue weighted by Crippen LogP contribution is 2.19. The van der Waals surface area contributed by atoms with E-state index in [0.717, 1.165) is 18.7 Å². The number of benzene rings is 1. The Morgan fingerprint density at radius 3 is 2.80 bits per heavy atom. The third kappa shape index (κ3) is 3.81. The van der Waals surface area contributed by atoms with Crippen molar-refractivity contribution in [3.05, 3.63) is 28.8 Å². The molecule has 0 fully saturated rings. The van der Waals surface area contributed by atoms with E-state index in [4.69, 9.17) is 16.9 Å². The normalized spacial score (nSPS) is 10.1. The molecule has 0 bridgehead atoms. The molecule has 1 N–H and O–H groups in total. The number of anilines is 1. The van der Waals surface area contributed by atoms with E-state index in [1.54, 1.807) is 12.1 Å². The maximum absolute atomic E-state index is 8.90. The molecule has 1 aromatic carbocycles. The Morgan fingerprint density at radius 1 is 1.47 bits per heavy atom. The van der Waals surface area contributed by atoms with E-state index in [1.807, 2.05) is 6.07 Å². The number of nitriles is 1. The maximum atomic E-state index is 8.90. The molecule has 0 saturated carbocycles. The molecule has 2 nitrogen and oxygen atoms in total. The summed E-state index contributed by atoms with van der Waals surface area (Å²) in [6, 6.07) is 7.45. The Morgan fingerprint density at radius 2 is 2.20 bits per heavy atom. The summed E-state index contributed by atoms with van der Waals surface area (Å²) in [7, 11) is 0. The van der Waals surface area contributed by atoms with Crippen LogP contribution in [-0.2, 0) is 0 Å². The molecule has 0 spiro atoms. The number of halogens is 1. The Kier molecular flexibility index (Phi) is 4.45. The molecule has 0 unspecified atom stereocenters. The zero-order valence-corrected chi connectivity index (χ0v) is 9.80. The lowest BCUT2D eigenvalue weighted by atomic mass is 10.1. The van der Waals surface area contributed by atoms with E-state index in [0.29, 0.717) is 16.5 Å². The molecule has 15 heavy (non-hydrogen) atoms. The van der Waals surface area contributed by atoms with Gasteiger partial charge in [-0.15, -0.1) is 0 Å². The summed E-state index contributed by atoms with van der Waals surface area (Å²) in [5, 5.41) is 12.7. The van der Waals surface area contributed by atoms with Crippen LogP contribution >= 0.6 is 11.6 Å². The summed E-state index contributed by atoms with van der Waals surface area (Å²) in [6.45, 7) is 5.23. The maximum Gasteiger partial charge on any atom is 0.101 e. The van der Waals surface area contributed by atoms with E-state index in [1.165, 1.54) is 0 Å². The van der Waals surface area contributed by atoms with Crippen LogP contribution in [0.4, 0.5) is 5.69 Å². The van der Waals surface area contributed by atoms with Crippen LogP contribution in [0.15, 0.2) is 18.2 Å². The first-order chi connectivity index (χ1) is 7.13. The Balaban J connectivity index is 2.65. The second-order valence-electron chi connectivity index (χ2n) is 3.91. The average molecular weight is 223 g/mol. The van der Waals surface area contributed by atoms with Crippen molar-refractivity contribution >= 4 is 17.3 Å². The smallest absolute Gasteiger partial charge is 0.101 e. The molecule has 3 heteroatoms. The summed E-state index contributed by atoms with van der Waals surface area (Å²) < 4.78 is 0. The van der Waals surface area contributed by atoms with Crippen molar-refractivity contribution < 1.29 is 0 Å². The summed E-state index contributed by atoms with van der Waals surface area (Å²) in [5.74, 6) is 0.662. The van der Waals surface area contributed by atoms with E-state index in [9.17, 15) is 0 Å². The van der Waals surface area contributed by atoms with Gasteiger partial charge in [-0.2, -0.15) is 5.26 Å². The zero-order valence-electron chi connectivity index (χ0n) is 9.05. The largest absolute Gasteiger partial charge is 0.384 e. The van der Waals surface area contributed by atoms with Gasteiger partial charge in [-0.05, 0) is 30.5 Å². The minimum absolute atomic E-state index is 0.598. The SMILES string of the molecule is CC(C)CCNc1ccc(Cl)cc1C#N. The predicted molar refractivity (Wildman–Crippen MR) is 64.1 cm³/mol. The second kappa shape index (κ2) is 5.63. The third-order valence-electron chi connectivity index (χ3n) is 2.14. The van der Waals surface area contributed by atoms with E-state index in [2.05, 4.69) is 25.2 Å². The molecule has 0 aliphatic rings.